The number of nitrogens with zero attached hydrogens (tertiary/aromatic N) is 1. The standard InChI is InChI=1S/C16H16N2OS/c1-11-4-2-3-5-13(11)16(19)18-8-9-20-15-7-6-12(17)10-14(15)18/h2-7,10H,8-9,17H2,1H3. The molecule has 3 nitrogen and oxygen atoms in total. The molecule has 0 saturated heterocycles. The van der Waals surface area contributed by atoms with Gasteiger partial charge in [-0.05, 0) is 36.8 Å². The van der Waals surface area contributed by atoms with Crippen LogP contribution in [-0.4, -0.2) is 18.2 Å². The van der Waals surface area contributed by atoms with E-state index in [2.05, 4.69) is 0 Å². The van der Waals surface area contributed by atoms with Crippen molar-refractivity contribution in [3.05, 3.63) is 53.6 Å². The summed E-state index contributed by atoms with van der Waals surface area (Å²) in [6.45, 7) is 2.68. The number of carbonyl (C=O) groups excluding carboxylic acids is 1. The summed E-state index contributed by atoms with van der Waals surface area (Å²) in [5, 5.41) is 0. The molecule has 2 aromatic carbocycles. The van der Waals surface area contributed by atoms with Gasteiger partial charge in [0.15, 0.2) is 0 Å². The monoisotopic (exact) mass is 284 g/mol. The predicted molar refractivity (Wildman–Crippen MR) is 84.4 cm³/mol. The lowest BCUT2D eigenvalue weighted by atomic mass is 10.1. The summed E-state index contributed by atoms with van der Waals surface area (Å²) in [5.74, 6) is 0.962. The molecule has 4 heteroatoms. The number of nitrogens with two attached hydrogens (primary N) is 1. The number of amides is 1. The lowest BCUT2D eigenvalue weighted by molar-refractivity contribution is 0.0987. The topological polar surface area (TPSA) is 46.3 Å². The zero-order valence-electron chi connectivity index (χ0n) is 11.3. The number of nitrogen functional groups attached to an aromatic ring is 1. The van der Waals surface area contributed by atoms with Crippen molar-refractivity contribution in [2.45, 2.75) is 11.8 Å². The van der Waals surface area contributed by atoms with Crippen LogP contribution in [0.3, 0.4) is 0 Å². The van der Waals surface area contributed by atoms with Crippen molar-refractivity contribution >= 4 is 29.0 Å². The number of aryl methyl sites for hydroxylation is 1. The fourth-order valence-electron chi connectivity index (χ4n) is 2.40. The molecule has 0 saturated carbocycles. The third-order valence-corrected chi connectivity index (χ3v) is 4.51. The van der Waals surface area contributed by atoms with Crippen LogP contribution in [0.4, 0.5) is 11.4 Å². The van der Waals surface area contributed by atoms with Crippen LogP contribution in [0.1, 0.15) is 15.9 Å². The van der Waals surface area contributed by atoms with Gasteiger partial charge in [0.2, 0.25) is 0 Å². The minimum atomic E-state index is 0.0512. The molecule has 3 rings (SSSR count). The summed E-state index contributed by atoms with van der Waals surface area (Å²) < 4.78 is 0. The highest BCUT2D eigenvalue weighted by molar-refractivity contribution is 7.99. The first-order valence-corrected chi connectivity index (χ1v) is 7.55. The molecular formula is C16H16N2OS. The Morgan fingerprint density at radius 2 is 2.05 bits per heavy atom. The highest BCUT2D eigenvalue weighted by Crippen LogP contribution is 2.36. The minimum absolute atomic E-state index is 0.0512. The molecule has 1 aliphatic rings. The van der Waals surface area contributed by atoms with E-state index in [4.69, 9.17) is 5.73 Å². The fourth-order valence-corrected chi connectivity index (χ4v) is 3.38. The molecule has 102 valence electrons. The van der Waals surface area contributed by atoms with Gasteiger partial charge >= 0.3 is 0 Å². The Morgan fingerprint density at radius 1 is 1.25 bits per heavy atom. The van der Waals surface area contributed by atoms with E-state index in [-0.39, 0.29) is 5.91 Å². The van der Waals surface area contributed by atoms with E-state index >= 15 is 0 Å². The van der Waals surface area contributed by atoms with Gasteiger partial charge in [-0.1, -0.05) is 18.2 Å². The minimum Gasteiger partial charge on any atom is -0.399 e. The normalized spacial score (nSPS) is 13.9. The molecule has 2 N–H and O–H groups in total. The van der Waals surface area contributed by atoms with Crippen LogP contribution in [-0.2, 0) is 0 Å². The van der Waals surface area contributed by atoms with E-state index in [1.165, 1.54) is 0 Å². The smallest absolute Gasteiger partial charge is 0.258 e. The van der Waals surface area contributed by atoms with Gasteiger partial charge in [-0.25, -0.2) is 0 Å². The van der Waals surface area contributed by atoms with E-state index in [0.29, 0.717) is 12.2 Å². The molecule has 20 heavy (non-hydrogen) atoms. The molecule has 0 fully saturated rings. The molecule has 2 aromatic rings. The second kappa shape index (κ2) is 5.21. The van der Waals surface area contributed by atoms with Gasteiger partial charge in [0.05, 0.1) is 5.69 Å². The van der Waals surface area contributed by atoms with Crippen molar-refractivity contribution in [3.8, 4) is 0 Å². The predicted octanol–water partition coefficient (Wildman–Crippen LogP) is 3.33. The molecule has 0 aliphatic carbocycles. The van der Waals surface area contributed by atoms with E-state index in [1.807, 2.05) is 54.3 Å². The summed E-state index contributed by atoms with van der Waals surface area (Å²) in [6, 6.07) is 13.5. The van der Waals surface area contributed by atoms with Crippen LogP contribution in [0, 0.1) is 6.92 Å². The SMILES string of the molecule is Cc1ccccc1C(=O)N1CCSc2ccc(N)cc21. The van der Waals surface area contributed by atoms with Crippen molar-refractivity contribution < 1.29 is 4.79 Å². The molecule has 0 atom stereocenters. The van der Waals surface area contributed by atoms with Crippen LogP contribution in [0.25, 0.3) is 0 Å². The molecule has 1 aliphatic heterocycles. The Morgan fingerprint density at radius 3 is 2.85 bits per heavy atom. The maximum Gasteiger partial charge on any atom is 0.258 e. The van der Waals surface area contributed by atoms with Crippen LogP contribution in [0.5, 0.6) is 0 Å². The number of fused-ring (bicyclic) bond motifs is 1. The van der Waals surface area contributed by atoms with Crippen LogP contribution >= 0.6 is 11.8 Å². The molecule has 1 amide bonds. The lowest BCUT2D eigenvalue weighted by Crippen LogP contribution is -2.35. The molecular weight excluding hydrogens is 268 g/mol. The summed E-state index contributed by atoms with van der Waals surface area (Å²) in [6.07, 6.45) is 0. The Kier molecular flexibility index (Phi) is 3.40. The zero-order chi connectivity index (χ0) is 14.1. The van der Waals surface area contributed by atoms with Crippen molar-refractivity contribution in [3.63, 3.8) is 0 Å². The molecule has 1 heterocycles. The number of anilines is 2. The van der Waals surface area contributed by atoms with Crippen molar-refractivity contribution in [1.29, 1.82) is 0 Å². The first-order chi connectivity index (χ1) is 9.66. The largest absolute Gasteiger partial charge is 0.399 e. The number of carbonyl (C=O) groups is 1. The van der Waals surface area contributed by atoms with Crippen molar-refractivity contribution in [2.75, 3.05) is 22.9 Å². The summed E-state index contributed by atoms with van der Waals surface area (Å²) in [7, 11) is 0. The Labute approximate surface area is 122 Å². The van der Waals surface area contributed by atoms with Gasteiger partial charge in [0, 0.05) is 28.4 Å². The zero-order valence-corrected chi connectivity index (χ0v) is 12.1. The highest BCUT2D eigenvalue weighted by atomic mass is 32.2. The first kappa shape index (κ1) is 13.1. The Hall–Kier alpha value is -1.94. The second-order valence-corrected chi connectivity index (χ2v) is 5.98. The summed E-state index contributed by atoms with van der Waals surface area (Å²) in [5.41, 5.74) is 9.24. The fraction of sp³-hybridized carbons (Fsp3) is 0.188. The number of benzene rings is 2. The lowest BCUT2D eigenvalue weighted by Gasteiger charge is -2.29. The van der Waals surface area contributed by atoms with E-state index in [9.17, 15) is 4.79 Å². The Bertz CT molecular complexity index is 669. The number of thioether (sulfide) groups is 1. The van der Waals surface area contributed by atoms with Gasteiger partial charge in [0.25, 0.3) is 5.91 Å². The Balaban J connectivity index is 2.03. The molecule has 0 bridgehead atoms. The van der Waals surface area contributed by atoms with E-state index in [0.717, 1.165) is 27.5 Å². The molecule has 0 unspecified atom stereocenters. The average Bonchev–Trinajstić information content (AvgIpc) is 2.46. The highest BCUT2D eigenvalue weighted by Gasteiger charge is 2.24. The number of rotatable bonds is 1. The maximum absolute atomic E-state index is 12.8. The second-order valence-electron chi connectivity index (χ2n) is 4.85. The third kappa shape index (κ3) is 2.27. The van der Waals surface area contributed by atoms with Gasteiger partial charge < -0.3 is 10.6 Å². The van der Waals surface area contributed by atoms with Crippen molar-refractivity contribution in [2.24, 2.45) is 0 Å². The van der Waals surface area contributed by atoms with Crippen LogP contribution < -0.4 is 10.6 Å². The van der Waals surface area contributed by atoms with Gasteiger partial charge in [-0.2, -0.15) is 0 Å². The van der Waals surface area contributed by atoms with Gasteiger partial charge in [-0.15, -0.1) is 11.8 Å². The van der Waals surface area contributed by atoms with Gasteiger partial charge in [0.1, 0.15) is 0 Å². The molecule has 0 aromatic heterocycles. The number of hydrogen-bond donors (Lipinski definition) is 1. The molecule has 0 radical (unpaired) electrons. The van der Waals surface area contributed by atoms with Crippen molar-refractivity contribution in [1.82, 2.24) is 0 Å². The van der Waals surface area contributed by atoms with Gasteiger partial charge in [-0.3, -0.25) is 4.79 Å². The van der Waals surface area contributed by atoms with E-state index < -0.39 is 0 Å². The van der Waals surface area contributed by atoms with Crippen LogP contribution in [0.2, 0.25) is 0 Å². The summed E-state index contributed by atoms with van der Waals surface area (Å²) in [4.78, 5) is 15.7. The summed E-state index contributed by atoms with van der Waals surface area (Å²) >= 11 is 1.77. The first-order valence-electron chi connectivity index (χ1n) is 6.56. The average molecular weight is 284 g/mol. The quantitative estimate of drug-likeness (QED) is 0.817. The number of hydrogen-bond acceptors (Lipinski definition) is 3. The van der Waals surface area contributed by atoms with E-state index in [1.54, 1.807) is 11.8 Å². The maximum atomic E-state index is 12.8. The third-order valence-electron chi connectivity index (χ3n) is 3.47. The molecule has 0 spiro atoms. The van der Waals surface area contributed by atoms with Crippen LogP contribution in [0.15, 0.2) is 47.4 Å².